The molecule has 0 aliphatic carbocycles. The highest BCUT2D eigenvalue weighted by atomic mass is 32.1. The summed E-state index contributed by atoms with van der Waals surface area (Å²) in [4.78, 5) is 25.8. The number of nitrogens with zero attached hydrogens (tertiary/aromatic N) is 4. The highest BCUT2D eigenvalue weighted by Crippen LogP contribution is 2.30. The van der Waals surface area contributed by atoms with Gasteiger partial charge in [-0.3, -0.25) is 9.69 Å². The molecule has 0 spiro atoms. The van der Waals surface area contributed by atoms with E-state index in [2.05, 4.69) is 20.2 Å². The molecule has 3 aliphatic heterocycles. The van der Waals surface area contributed by atoms with Crippen molar-refractivity contribution in [2.24, 2.45) is 5.92 Å². The van der Waals surface area contributed by atoms with E-state index < -0.39 is 0 Å². The van der Waals surface area contributed by atoms with Crippen LogP contribution < -0.4 is 0 Å². The molecule has 0 saturated carbocycles. The molecular weight excluding hydrogens is 312 g/mol. The normalized spacial score (nSPS) is 24.8. The van der Waals surface area contributed by atoms with Gasteiger partial charge < -0.3 is 9.32 Å². The van der Waals surface area contributed by atoms with Crippen LogP contribution in [0, 0.1) is 12.8 Å². The summed E-state index contributed by atoms with van der Waals surface area (Å²) in [6.07, 6.45) is 3.62. The Bertz CT molecular complexity index is 684. The van der Waals surface area contributed by atoms with Gasteiger partial charge in [0.1, 0.15) is 5.76 Å². The third kappa shape index (κ3) is 2.90. The second kappa shape index (κ2) is 6.05. The van der Waals surface area contributed by atoms with Gasteiger partial charge in [-0.2, -0.15) is 0 Å². The molecule has 0 N–H and O–H groups in total. The van der Waals surface area contributed by atoms with Crippen molar-refractivity contribution in [3.05, 3.63) is 34.4 Å². The van der Waals surface area contributed by atoms with Gasteiger partial charge in [0.2, 0.25) is 0 Å². The summed E-state index contributed by atoms with van der Waals surface area (Å²) in [5.74, 6) is 1.15. The Morgan fingerprint density at radius 1 is 1.35 bits per heavy atom. The number of aromatic nitrogens is 2. The molecule has 122 valence electrons. The zero-order valence-electron chi connectivity index (χ0n) is 13.1. The molecule has 2 atom stereocenters. The van der Waals surface area contributed by atoms with Crippen molar-refractivity contribution in [3.8, 4) is 0 Å². The number of hydrogen-bond acceptors (Lipinski definition) is 6. The number of oxazole rings is 1. The molecule has 6 nitrogen and oxygen atoms in total. The highest BCUT2D eigenvalue weighted by Gasteiger charge is 2.38. The van der Waals surface area contributed by atoms with E-state index in [4.69, 9.17) is 4.42 Å². The molecule has 2 aromatic heterocycles. The van der Waals surface area contributed by atoms with Crippen molar-refractivity contribution in [1.29, 1.82) is 0 Å². The van der Waals surface area contributed by atoms with Crippen molar-refractivity contribution in [2.75, 3.05) is 19.6 Å². The molecule has 5 rings (SSSR count). The fraction of sp³-hybridized carbons (Fsp3) is 0.562. The average molecular weight is 332 g/mol. The van der Waals surface area contributed by atoms with Crippen molar-refractivity contribution < 1.29 is 9.21 Å². The van der Waals surface area contributed by atoms with Crippen molar-refractivity contribution in [3.63, 3.8) is 0 Å². The van der Waals surface area contributed by atoms with E-state index in [1.807, 2.05) is 10.4 Å². The molecule has 23 heavy (non-hydrogen) atoms. The fourth-order valence-corrected chi connectivity index (χ4v) is 4.30. The van der Waals surface area contributed by atoms with E-state index >= 15 is 0 Å². The zero-order valence-corrected chi connectivity index (χ0v) is 14.0. The summed E-state index contributed by atoms with van der Waals surface area (Å²) in [5, 5.41) is 2.11. The number of thiazole rings is 1. The Kier molecular flexibility index (Phi) is 3.90. The van der Waals surface area contributed by atoms with Crippen LogP contribution in [0.3, 0.4) is 0 Å². The quantitative estimate of drug-likeness (QED) is 0.862. The standard InChI is InChI=1S/C16H20N4O2S/c1-11-15(17-9-22-11)16(21)20-5-12-2-3-14(20)7-19(4-12)6-13-8-23-10-18-13/h8-10,12,14H,2-7H2,1H3/t12-,14+/m1/s1. The van der Waals surface area contributed by atoms with Gasteiger partial charge in [-0.25, -0.2) is 9.97 Å². The van der Waals surface area contributed by atoms with E-state index in [0.717, 1.165) is 38.3 Å². The summed E-state index contributed by atoms with van der Waals surface area (Å²) in [7, 11) is 0. The first-order chi connectivity index (χ1) is 11.2. The van der Waals surface area contributed by atoms with Crippen molar-refractivity contribution >= 4 is 17.2 Å². The number of aryl methyl sites for hydroxylation is 1. The molecule has 0 radical (unpaired) electrons. The number of amides is 1. The minimum absolute atomic E-state index is 0.0152. The Morgan fingerprint density at radius 2 is 2.26 bits per heavy atom. The van der Waals surface area contributed by atoms with Crippen LogP contribution in [0.5, 0.6) is 0 Å². The summed E-state index contributed by atoms with van der Waals surface area (Å²) >= 11 is 1.63. The maximum Gasteiger partial charge on any atom is 0.276 e. The van der Waals surface area contributed by atoms with Gasteiger partial charge in [-0.15, -0.1) is 11.3 Å². The van der Waals surface area contributed by atoms with Crippen LogP contribution in [0.2, 0.25) is 0 Å². The third-order valence-electron chi connectivity index (χ3n) is 4.87. The lowest BCUT2D eigenvalue weighted by Gasteiger charge is -2.35. The van der Waals surface area contributed by atoms with Crippen LogP contribution in [0.4, 0.5) is 0 Å². The second-order valence-electron chi connectivity index (χ2n) is 6.49. The first-order valence-corrected chi connectivity index (χ1v) is 8.95. The van der Waals surface area contributed by atoms with Gasteiger partial charge in [-0.05, 0) is 25.7 Å². The predicted octanol–water partition coefficient (Wildman–Crippen LogP) is 2.18. The summed E-state index contributed by atoms with van der Waals surface area (Å²) in [6.45, 7) is 5.45. The number of carbonyl (C=O) groups excluding carboxylic acids is 1. The van der Waals surface area contributed by atoms with Gasteiger partial charge in [0.25, 0.3) is 5.91 Å². The molecule has 3 fully saturated rings. The van der Waals surface area contributed by atoms with E-state index in [9.17, 15) is 4.79 Å². The fourth-order valence-electron chi connectivity index (χ4n) is 3.75. The van der Waals surface area contributed by atoms with Gasteiger partial charge in [0.15, 0.2) is 12.1 Å². The predicted molar refractivity (Wildman–Crippen MR) is 86.2 cm³/mol. The number of hydrogen-bond donors (Lipinski definition) is 0. The van der Waals surface area contributed by atoms with Crippen LogP contribution in [-0.4, -0.2) is 51.4 Å². The molecule has 3 saturated heterocycles. The SMILES string of the molecule is Cc1ocnc1C(=O)N1C[C@@H]2CC[C@H]1CN(Cc1cscn1)C2. The van der Waals surface area contributed by atoms with Crippen LogP contribution >= 0.6 is 11.3 Å². The molecule has 1 amide bonds. The third-order valence-corrected chi connectivity index (χ3v) is 5.50. The number of carbonyl (C=O) groups is 1. The number of rotatable bonds is 3. The van der Waals surface area contributed by atoms with E-state index in [0.29, 0.717) is 17.4 Å². The Labute approximate surface area is 139 Å². The molecule has 2 aromatic rings. The molecule has 2 bridgehead atoms. The minimum Gasteiger partial charge on any atom is -0.448 e. The van der Waals surface area contributed by atoms with Gasteiger partial charge >= 0.3 is 0 Å². The smallest absolute Gasteiger partial charge is 0.276 e. The lowest BCUT2D eigenvalue weighted by atomic mass is 9.94. The lowest BCUT2D eigenvalue weighted by molar-refractivity contribution is 0.0577. The Balaban J connectivity index is 1.51. The van der Waals surface area contributed by atoms with E-state index in [1.165, 1.54) is 12.8 Å². The topological polar surface area (TPSA) is 62.5 Å². The van der Waals surface area contributed by atoms with Gasteiger partial charge in [-0.1, -0.05) is 0 Å². The molecule has 0 unspecified atom stereocenters. The monoisotopic (exact) mass is 332 g/mol. The van der Waals surface area contributed by atoms with Crippen LogP contribution in [0.25, 0.3) is 0 Å². The van der Waals surface area contributed by atoms with Crippen molar-refractivity contribution in [2.45, 2.75) is 32.4 Å². The average Bonchev–Trinajstić information content (AvgIpc) is 3.11. The maximum absolute atomic E-state index is 12.8. The molecule has 5 heterocycles. The first kappa shape index (κ1) is 14.8. The number of piperidine rings is 1. The first-order valence-electron chi connectivity index (χ1n) is 8.01. The zero-order chi connectivity index (χ0) is 15.8. The Hall–Kier alpha value is -1.73. The molecule has 3 aliphatic rings. The van der Waals surface area contributed by atoms with Gasteiger partial charge in [0, 0.05) is 37.6 Å². The summed E-state index contributed by atoms with van der Waals surface area (Å²) in [5.41, 5.74) is 3.47. The number of fused-ring (bicyclic) bond motifs is 4. The molecule has 7 heteroatoms. The van der Waals surface area contributed by atoms with E-state index in [-0.39, 0.29) is 11.9 Å². The second-order valence-corrected chi connectivity index (χ2v) is 7.20. The summed E-state index contributed by atoms with van der Waals surface area (Å²) in [6, 6.07) is 0.260. The van der Waals surface area contributed by atoms with Gasteiger partial charge in [0.05, 0.1) is 11.2 Å². The Morgan fingerprint density at radius 3 is 3.00 bits per heavy atom. The largest absolute Gasteiger partial charge is 0.448 e. The van der Waals surface area contributed by atoms with Crippen LogP contribution in [-0.2, 0) is 6.54 Å². The highest BCUT2D eigenvalue weighted by molar-refractivity contribution is 7.07. The maximum atomic E-state index is 12.8. The van der Waals surface area contributed by atoms with Crippen LogP contribution in [0.1, 0.15) is 34.8 Å². The summed E-state index contributed by atoms with van der Waals surface area (Å²) < 4.78 is 5.20. The van der Waals surface area contributed by atoms with Crippen molar-refractivity contribution in [1.82, 2.24) is 19.8 Å². The molecular formula is C16H20N4O2S. The van der Waals surface area contributed by atoms with E-state index in [1.54, 1.807) is 18.3 Å². The van der Waals surface area contributed by atoms with Crippen LogP contribution in [0.15, 0.2) is 21.7 Å². The lowest BCUT2D eigenvalue weighted by Crippen LogP contribution is -2.47. The minimum atomic E-state index is 0.0152. The molecule has 0 aromatic carbocycles.